The number of benzene rings is 5. The second kappa shape index (κ2) is 9.66. The number of ether oxygens (including phenoxy) is 1. The van der Waals surface area contributed by atoms with Crippen LogP contribution >= 0.6 is 22.7 Å². The van der Waals surface area contributed by atoms with Gasteiger partial charge < -0.3 is 14.1 Å². The van der Waals surface area contributed by atoms with Crippen LogP contribution in [0.5, 0.6) is 5.75 Å². The van der Waals surface area contributed by atoms with Crippen molar-refractivity contribution in [3.05, 3.63) is 132 Å². The Morgan fingerprint density at radius 2 is 1.49 bits per heavy atom. The van der Waals surface area contributed by atoms with Crippen molar-refractivity contribution < 1.29 is 9.15 Å². The molecule has 9 aromatic rings. The standard InChI is InChI=1S/C39H24N2O2S2/c1-5-13-27-22(9-1)17-28(40-27)39-41-38-35(45-39)21-26(31-18-23-10-2-6-14-29(23)42-31)36(32-19-24-11-3-7-15-30(24)43-32)37(38)34-20-25-12-4-8-16-33(25)44-34/h1-17,19-21,31,40H,18H2. The van der Waals surface area contributed by atoms with Crippen molar-refractivity contribution in [3.63, 3.8) is 0 Å². The van der Waals surface area contributed by atoms with E-state index in [9.17, 15) is 0 Å². The van der Waals surface area contributed by atoms with Crippen molar-refractivity contribution in [1.82, 2.24) is 9.97 Å². The molecule has 0 saturated heterocycles. The van der Waals surface area contributed by atoms with Crippen LogP contribution in [-0.2, 0) is 6.42 Å². The topological polar surface area (TPSA) is 51.0 Å². The molecule has 45 heavy (non-hydrogen) atoms. The first kappa shape index (κ1) is 25.2. The fourth-order valence-electron chi connectivity index (χ4n) is 6.71. The summed E-state index contributed by atoms with van der Waals surface area (Å²) in [5, 5.41) is 4.44. The van der Waals surface area contributed by atoms with Crippen LogP contribution < -0.4 is 4.74 Å². The number of hydrogen-bond donors (Lipinski definition) is 1. The molecule has 0 spiro atoms. The lowest BCUT2D eigenvalue weighted by molar-refractivity contribution is 0.239. The fourth-order valence-corrected chi connectivity index (χ4v) is 8.82. The molecular weight excluding hydrogens is 593 g/mol. The highest BCUT2D eigenvalue weighted by atomic mass is 32.1. The normalized spacial score (nSPS) is 14.5. The van der Waals surface area contributed by atoms with Gasteiger partial charge in [0, 0.05) is 49.0 Å². The van der Waals surface area contributed by atoms with E-state index in [0.717, 1.165) is 72.0 Å². The molecule has 0 saturated carbocycles. The van der Waals surface area contributed by atoms with Crippen LogP contribution in [0.25, 0.3) is 74.6 Å². The third-order valence-electron chi connectivity index (χ3n) is 8.81. The predicted molar refractivity (Wildman–Crippen MR) is 186 cm³/mol. The number of furan rings is 1. The molecule has 0 bridgehead atoms. The molecule has 4 nitrogen and oxygen atoms in total. The van der Waals surface area contributed by atoms with Gasteiger partial charge in [-0.25, -0.2) is 4.98 Å². The van der Waals surface area contributed by atoms with Gasteiger partial charge in [0.05, 0.1) is 15.9 Å². The van der Waals surface area contributed by atoms with E-state index in [-0.39, 0.29) is 6.10 Å². The summed E-state index contributed by atoms with van der Waals surface area (Å²) in [6.07, 6.45) is 0.649. The lowest BCUT2D eigenvalue weighted by Gasteiger charge is -2.18. The lowest BCUT2D eigenvalue weighted by Crippen LogP contribution is -2.06. The molecule has 10 rings (SSSR count). The highest BCUT2D eigenvalue weighted by molar-refractivity contribution is 7.23. The summed E-state index contributed by atoms with van der Waals surface area (Å²) < 4.78 is 15.7. The van der Waals surface area contributed by atoms with Gasteiger partial charge in [-0.05, 0) is 59.5 Å². The number of thiazole rings is 1. The monoisotopic (exact) mass is 616 g/mol. The molecule has 1 aliphatic rings. The Balaban J connectivity index is 1.29. The zero-order valence-corrected chi connectivity index (χ0v) is 25.5. The molecule has 1 atom stereocenters. The van der Waals surface area contributed by atoms with Crippen molar-refractivity contribution in [2.45, 2.75) is 12.5 Å². The molecule has 6 heteroatoms. The molecule has 0 amide bonds. The average Bonchev–Trinajstić information content (AvgIpc) is 3.90. The summed E-state index contributed by atoms with van der Waals surface area (Å²) in [7, 11) is 0. The summed E-state index contributed by atoms with van der Waals surface area (Å²) >= 11 is 3.53. The number of aromatic nitrogens is 2. The van der Waals surface area contributed by atoms with E-state index < -0.39 is 0 Å². The van der Waals surface area contributed by atoms with Gasteiger partial charge in [0.1, 0.15) is 28.2 Å². The van der Waals surface area contributed by atoms with E-state index >= 15 is 0 Å². The summed E-state index contributed by atoms with van der Waals surface area (Å²) in [6.45, 7) is 0. The highest BCUT2D eigenvalue weighted by Crippen LogP contribution is 2.51. The van der Waals surface area contributed by atoms with Crippen LogP contribution in [0.3, 0.4) is 0 Å². The van der Waals surface area contributed by atoms with Crippen LogP contribution in [0.1, 0.15) is 17.2 Å². The molecule has 5 aromatic carbocycles. The maximum absolute atomic E-state index is 6.70. The number of thiophene rings is 1. The number of aromatic amines is 1. The Morgan fingerprint density at radius 1 is 0.689 bits per heavy atom. The number of H-pyrrole nitrogens is 1. The maximum atomic E-state index is 6.70. The van der Waals surface area contributed by atoms with E-state index in [1.165, 1.54) is 25.9 Å². The van der Waals surface area contributed by atoms with Gasteiger partial charge in [-0.15, -0.1) is 22.7 Å². The number of hydrogen-bond acceptors (Lipinski definition) is 5. The number of nitrogens with zero attached hydrogens (tertiary/aromatic N) is 1. The quantitative estimate of drug-likeness (QED) is 0.214. The first-order chi connectivity index (χ1) is 22.2. The second-order valence-corrected chi connectivity index (χ2v) is 13.7. The van der Waals surface area contributed by atoms with Gasteiger partial charge in [0.25, 0.3) is 0 Å². The largest absolute Gasteiger partial charge is 0.485 e. The highest BCUT2D eigenvalue weighted by Gasteiger charge is 2.32. The summed E-state index contributed by atoms with van der Waals surface area (Å²) in [5.74, 6) is 1.78. The Bertz CT molecular complexity index is 2460. The SMILES string of the molecule is c1ccc2c(c1)CC(c1cc3sc(-c4cc5ccccc5[nH]4)nc3c(-c3cc4ccccc4s3)c1-c1cc3ccccc3o1)O2. The van der Waals surface area contributed by atoms with Gasteiger partial charge >= 0.3 is 0 Å². The Morgan fingerprint density at radius 3 is 2.36 bits per heavy atom. The van der Waals surface area contributed by atoms with Crippen molar-refractivity contribution in [2.75, 3.05) is 0 Å². The van der Waals surface area contributed by atoms with E-state index in [1.807, 2.05) is 18.2 Å². The van der Waals surface area contributed by atoms with Crippen molar-refractivity contribution in [2.24, 2.45) is 0 Å². The zero-order chi connectivity index (χ0) is 29.5. The first-order valence-corrected chi connectivity index (χ1v) is 16.7. The Labute approximate surface area is 266 Å². The van der Waals surface area contributed by atoms with Crippen molar-refractivity contribution in [1.29, 1.82) is 0 Å². The number of fused-ring (bicyclic) bond motifs is 5. The van der Waals surface area contributed by atoms with E-state index in [0.29, 0.717) is 0 Å². The molecule has 4 aromatic heterocycles. The van der Waals surface area contributed by atoms with Crippen LogP contribution in [-0.4, -0.2) is 9.97 Å². The van der Waals surface area contributed by atoms with Crippen molar-refractivity contribution >= 4 is 64.8 Å². The smallest absolute Gasteiger partial charge is 0.140 e. The number of nitrogens with one attached hydrogen (secondary N) is 1. The molecule has 5 heterocycles. The van der Waals surface area contributed by atoms with Gasteiger partial charge in [-0.3, -0.25) is 0 Å². The minimum absolute atomic E-state index is 0.151. The van der Waals surface area contributed by atoms with E-state index in [1.54, 1.807) is 22.7 Å². The molecule has 214 valence electrons. The molecule has 0 aliphatic carbocycles. The van der Waals surface area contributed by atoms with Crippen LogP contribution in [0, 0.1) is 0 Å². The third kappa shape index (κ3) is 3.99. The molecule has 1 unspecified atom stereocenters. The minimum atomic E-state index is -0.151. The minimum Gasteiger partial charge on any atom is -0.485 e. The number of para-hydroxylation sites is 3. The molecule has 0 fully saturated rings. The van der Waals surface area contributed by atoms with Crippen molar-refractivity contribution in [3.8, 4) is 38.2 Å². The van der Waals surface area contributed by atoms with Gasteiger partial charge in [0.15, 0.2) is 0 Å². The van der Waals surface area contributed by atoms with Crippen LogP contribution in [0.4, 0.5) is 0 Å². The Hall–Kier alpha value is -5.17. The summed E-state index contributed by atoms with van der Waals surface area (Å²) in [6, 6.07) is 42.5. The molecule has 1 aliphatic heterocycles. The third-order valence-corrected chi connectivity index (χ3v) is 11.0. The zero-order valence-electron chi connectivity index (χ0n) is 23.9. The fraction of sp³-hybridized carbons (Fsp3) is 0.0513. The van der Waals surface area contributed by atoms with Crippen LogP contribution in [0.15, 0.2) is 126 Å². The molecular formula is C39H24N2O2S2. The Kier molecular flexibility index (Phi) is 5.41. The molecule has 0 radical (unpaired) electrons. The van der Waals surface area contributed by atoms with E-state index in [2.05, 4.69) is 108 Å². The predicted octanol–water partition coefficient (Wildman–Crippen LogP) is 11.4. The molecule has 1 N–H and O–H groups in total. The summed E-state index contributed by atoms with van der Waals surface area (Å²) in [4.78, 5) is 10.2. The van der Waals surface area contributed by atoms with Gasteiger partial charge in [-0.1, -0.05) is 72.8 Å². The lowest BCUT2D eigenvalue weighted by atomic mass is 9.91. The first-order valence-electron chi connectivity index (χ1n) is 15.0. The van der Waals surface area contributed by atoms with Gasteiger partial charge in [-0.2, -0.15) is 0 Å². The summed E-state index contributed by atoms with van der Waals surface area (Å²) in [5.41, 5.74) is 8.48. The second-order valence-electron chi connectivity index (χ2n) is 11.6. The van der Waals surface area contributed by atoms with Gasteiger partial charge in [0.2, 0.25) is 0 Å². The van der Waals surface area contributed by atoms with Crippen LogP contribution in [0.2, 0.25) is 0 Å². The average molecular weight is 617 g/mol. The number of rotatable bonds is 4. The van der Waals surface area contributed by atoms with E-state index in [4.69, 9.17) is 14.1 Å². The maximum Gasteiger partial charge on any atom is 0.140 e.